The third-order valence-corrected chi connectivity index (χ3v) is 2.77. The van der Waals surface area contributed by atoms with Crippen LogP contribution in [-0.4, -0.2) is 55.9 Å². The number of alkyl halides is 3. The third-order valence-electron chi connectivity index (χ3n) is 2.77. The molecule has 0 aliphatic carbocycles. The number of carbonyl (C=O) groups excluding carboxylic acids is 1. The Labute approximate surface area is 104 Å². The smallest absolute Gasteiger partial charge is 0.372 e. The van der Waals surface area contributed by atoms with Gasteiger partial charge in [-0.1, -0.05) is 6.92 Å². The Balaban J connectivity index is 2.17. The van der Waals surface area contributed by atoms with Crippen LogP contribution in [0.3, 0.4) is 0 Å². The minimum absolute atomic E-state index is 0.0213. The maximum atomic E-state index is 11.8. The van der Waals surface area contributed by atoms with E-state index in [-0.39, 0.29) is 18.6 Å². The molecule has 1 aliphatic rings. The summed E-state index contributed by atoms with van der Waals surface area (Å²) in [5.74, 6) is 0.0274. The maximum Gasteiger partial charge on any atom is 0.411 e. The lowest BCUT2D eigenvalue weighted by Gasteiger charge is -2.32. The first-order valence-corrected chi connectivity index (χ1v) is 6.10. The Morgan fingerprint density at radius 1 is 1.50 bits per heavy atom. The van der Waals surface area contributed by atoms with Crippen LogP contribution in [-0.2, 0) is 9.53 Å². The molecule has 0 aromatic carbocycles. The molecule has 0 aromatic rings. The second-order valence-electron chi connectivity index (χ2n) is 4.26. The van der Waals surface area contributed by atoms with Crippen LogP contribution < -0.4 is 5.32 Å². The summed E-state index contributed by atoms with van der Waals surface area (Å²) in [7, 11) is 0. The number of nitrogens with zero attached hydrogens (tertiary/aromatic N) is 1. The minimum atomic E-state index is -4.28. The third kappa shape index (κ3) is 5.22. The lowest BCUT2D eigenvalue weighted by molar-refractivity contribution is -0.174. The van der Waals surface area contributed by atoms with Gasteiger partial charge in [0.25, 0.3) is 0 Å². The summed E-state index contributed by atoms with van der Waals surface area (Å²) >= 11 is 0. The van der Waals surface area contributed by atoms with E-state index in [1.165, 1.54) is 0 Å². The molecule has 4 nitrogen and oxygen atoms in total. The summed E-state index contributed by atoms with van der Waals surface area (Å²) in [4.78, 5) is 13.5. The van der Waals surface area contributed by atoms with E-state index in [1.807, 2.05) is 6.92 Å². The van der Waals surface area contributed by atoms with E-state index in [0.717, 1.165) is 13.0 Å². The zero-order valence-electron chi connectivity index (χ0n) is 10.4. The molecule has 0 saturated carbocycles. The molecule has 1 aliphatic heterocycles. The lowest BCUT2D eigenvalue weighted by Crippen LogP contribution is -2.54. The van der Waals surface area contributed by atoms with Crippen molar-refractivity contribution < 1.29 is 22.7 Å². The van der Waals surface area contributed by atoms with E-state index >= 15 is 0 Å². The monoisotopic (exact) mass is 268 g/mol. The zero-order chi connectivity index (χ0) is 13.6. The summed E-state index contributed by atoms with van der Waals surface area (Å²) in [6, 6.07) is -0.158. The number of nitrogens with one attached hydrogen (secondary N) is 1. The van der Waals surface area contributed by atoms with Gasteiger partial charge in [-0.25, -0.2) is 0 Å². The molecule has 1 N–H and O–H groups in total. The molecule has 1 unspecified atom stereocenters. The van der Waals surface area contributed by atoms with E-state index in [0.29, 0.717) is 19.5 Å². The zero-order valence-corrected chi connectivity index (χ0v) is 10.4. The SMILES string of the molecule is CCC1NCCN(CCCOCC(F)(F)F)C1=O. The molecule has 1 heterocycles. The van der Waals surface area contributed by atoms with Crippen molar-refractivity contribution in [2.45, 2.75) is 32.0 Å². The Morgan fingerprint density at radius 2 is 2.22 bits per heavy atom. The number of hydrogen-bond donors (Lipinski definition) is 1. The largest absolute Gasteiger partial charge is 0.411 e. The second kappa shape index (κ2) is 6.94. The first kappa shape index (κ1) is 15.2. The van der Waals surface area contributed by atoms with Crippen LogP contribution >= 0.6 is 0 Å². The van der Waals surface area contributed by atoms with Crippen molar-refractivity contribution in [3.8, 4) is 0 Å². The van der Waals surface area contributed by atoms with Gasteiger partial charge >= 0.3 is 6.18 Å². The highest BCUT2D eigenvalue weighted by atomic mass is 19.4. The number of rotatable bonds is 6. The summed E-state index contributed by atoms with van der Waals surface area (Å²) in [6.07, 6.45) is -3.13. The fourth-order valence-corrected chi connectivity index (χ4v) is 1.88. The van der Waals surface area contributed by atoms with E-state index in [9.17, 15) is 18.0 Å². The van der Waals surface area contributed by atoms with E-state index < -0.39 is 12.8 Å². The van der Waals surface area contributed by atoms with Crippen LogP contribution in [0.1, 0.15) is 19.8 Å². The van der Waals surface area contributed by atoms with Gasteiger partial charge in [0.15, 0.2) is 0 Å². The molecule has 1 saturated heterocycles. The highest BCUT2D eigenvalue weighted by Gasteiger charge is 2.28. The average Bonchev–Trinajstić information content (AvgIpc) is 2.29. The van der Waals surface area contributed by atoms with Crippen LogP contribution in [0.25, 0.3) is 0 Å². The van der Waals surface area contributed by atoms with Crippen molar-refractivity contribution in [2.75, 3.05) is 32.8 Å². The second-order valence-corrected chi connectivity index (χ2v) is 4.26. The Kier molecular flexibility index (Phi) is 5.87. The van der Waals surface area contributed by atoms with E-state index in [2.05, 4.69) is 10.1 Å². The van der Waals surface area contributed by atoms with Crippen molar-refractivity contribution >= 4 is 5.91 Å². The van der Waals surface area contributed by atoms with Gasteiger partial charge < -0.3 is 15.0 Å². The molecule has 1 amide bonds. The summed E-state index contributed by atoms with van der Waals surface area (Å²) in [5, 5.41) is 3.10. The Hall–Kier alpha value is -0.820. The molecule has 1 fully saturated rings. The van der Waals surface area contributed by atoms with Crippen LogP contribution in [0.2, 0.25) is 0 Å². The number of ether oxygens (including phenoxy) is 1. The summed E-state index contributed by atoms with van der Waals surface area (Å²) in [6.45, 7) is 2.51. The first-order valence-electron chi connectivity index (χ1n) is 6.10. The van der Waals surface area contributed by atoms with Crippen molar-refractivity contribution in [3.05, 3.63) is 0 Å². The molecular formula is C11H19F3N2O2. The van der Waals surface area contributed by atoms with Gasteiger partial charge in [-0.05, 0) is 12.8 Å². The first-order chi connectivity index (χ1) is 8.44. The predicted octanol–water partition coefficient (Wildman–Crippen LogP) is 1.17. The standard InChI is InChI=1S/C11H19F3N2O2/c1-2-9-10(17)16(6-4-15-9)5-3-7-18-8-11(12,13)14/h9,15H,2-8H2,1H3. The minimum Gasteiger partial charge on any atom is -0.372 e. The predicted molar refractivity (Wildman–Crippen MR) is 60.2 cm³/mol. The van der Waals surface area contributed by atoms with Gasteiger partial charge in [0.2, 0.25) is 5.91 Å². The number of carbonyl (C=O) groups is 1. The van der Waals surface area contributed by atoms with Crippen molar-refractivity contribution in [1.29, 1.82) is 0 Å². The fourth-order valence-electron chi connectivity index (χ4n) is 1.88. The molecule has 106 valence electrons. The molecule has 18 heavy (non-hydrogen) atoms. The fraction of sp³-hybridized carbons (Fsp3) is 0.909. The van der Waals surface area contributed by atoms with Crippen molar-refractivity contribution in [3.63, 3.8) is 0 Å². The highest BCUT2D eigenvalue weighted by Crippen LogP contribution is 2.14. The van der Waals surface area contributed by atoms with Crippen LogP contribution in [0.4, 0.5) is 13.2 Å². The number of piperazine rings is 1. The van der Waals surface area contributed by atoms with Crippen molar-refractivity contribution in [2.24, 2.45) is 0 Å². The quantitative estimate of drug-likeness (QED) is 0.735. The molecule has 0 spiro atoms. The molecule has 0 radical (unpaired) electrons. The number of hydrogen-bond acceptors (Lipinski definition) is 3. The topological polar surface area (TPSA) is 41.6 Å². The number of amides is 1. The summed E-state index contributed by atoms with van der Waals surface area (Å²) in [5.41, 5.74) is 0. The normalized spacial score (nSPS) is 21.4. The number of halogens is 3. The maximum absolute atomic E-state index is 11.8. The Morgan fingerprint density at radius 3 is 2.83 bits per heavy atom. The van der Waals surface area contributed by atoms with Crippen LogP contribution in [0, 0.1) is 0 Å². The lowest BCUT2D eigenvalue weighted by atomic mass is 10.1. The van der Waals surface area contributed by atoms with Crippen LogP contribution in [0.15, 0.2) is 0 Å². The Bertz CT molecular complexity index is 272. The molecule has 0 aromatic heterocycles. The van der Waals surface area contributed by atoms with Crippen molar-refractivity contribution in [1.82, 2.24) is 10.2 Å². The average molecular weight is 268 g/mol. The van der Waals surface area contributed by atoms with E-state index in [1.54, 1.807) is 4.90 Å². The van der Waals surface area contributed by atoms with Gasteiger partial charge in [0.05, 0.1) is 6.04 Å². The summed E-state index contributed by atoms with van der Waals surface area (Å²) < 4.78 is 39.9. The van der Waals surface area contributed by atoms with Gasteiger partial charge in [0, 0.05) is 26.2 Å². The van der Waals surface area contributed by atoms with Gasteiger partial charge in [-0.3, -0.25) is 4.79 Å². The molecular weight excluding hydrogens is 249 g/mol. The molecule has 1 rings (SSSR count). The molecule has 0 bridgehead atoms. The van der Waals surface area contributed by atoms with Gasteiger partial charge in [-0.15, -0.1) is 0 Å². The van der Waals surface area contributed by atoms with E-state index in [4.69, 9.17) is 0 Å². The highest BCUT2D eigenvalue weighted by molar-refractivity contribution is 5.82. The van der Waals surface area contributed by atoms with Gasteiger partial charge in [0.1, 0.15) is 6.61 Å². The molecule has 7 heteroatoms. The van der Waals surface area contributed by atoms with Crippen LogP contribution in [0.5, 0.6) is 0 Å². The molecule has 1 atom stereocenters. The van der Waals surface area contributed by atoms with Gasteiger partial charge in [-0.2, -0.15) is 13.2 Å².